The number of methoxy groups -OCH3 is 1. The van der Waals surface area contributed by atoms with Gasteiger partial charge in [0.05, 0.1) is 24.3 Å². The van der Waals surface area contributed by atoms with Crippen LogP contribution in [0.3, 0.4) is 0 Å². The van der Waals surface area contributed by atoms with E-state index in [1.807, 2.05) is 0 Å². The fraction of sp³-hybridized carbons (Fsp3) is 0.200. The van der Waals surface area contributed by atoms with Gasteiger partial charge in [-0.15, -0.1) is 0 Å². The fourth-order valence-electron chi connectivity index (χ4n) is 2.89. The minimum Gasteiger partial charge on any atom is -0.550 e. The zero-order valence-electron chi connectivity index (χ0n) is 15.1. The molecule has 0 fully saturated rings. The van der Waals surface area contributed by atoms with Crippen molar-refractivity contribution >= 4 is 29.4 Å². The number of anilines is 1. The van der Waals surface area contributed by atoms with Crippen LogP contribution in [0.5, 0.6) is 0 Å². The monoisotopic (exact) mass is 381 g/mol. The second kappa shape index (κ2) is 8.01. The Morgan fingerprint density at radius 1 is 1.04 bits per heavy atom. The van der Waals surface area contributed by atoms with E-state index < -0.39 is 23.7 Å². The van der Waals surface area contributed by atoms with Gasteiger partial charge in [0.2, 0.25) is 0 Å². The molecule has 2 aromatic carbocycles. The summed E-state index contributed by atoms with van der Waals surface area (Å²) in [5.74, 6) is -2.51. The third-order valence-electron chi connectivity index (χ3n) is 4.31. The highest BCUT2D eigenvalue weighted by atomic mass is 16.5. The number of carbonyl (C=O) groups is 4. The molecule has 2 aromatic rings. The molecule has 0 aliphatic carbocycles. The summed E-state index contributed by atoms with van der Waals surface area (Å²) in [5.41, 5.74) is 1.68. The number of nitrogens with zero attached hydrogens (tertiary/aromatic N) is 1. The number of carboxylic acid groups (broad SMARTS) is 1. The number of aliphatic carboxylic acids is 1. The highest BCUT2D eigenvalue weighted by Crippen LogP contribution is 2.24. The summed E-state index contributed by atoms with van der Waals surface area (Å²) >= 11 is 0. The number of hydrogen-bond acceptors (Lipinski definition) is 6. The largest absolute Gasteiger partial charge is 0.550 e. The molecule has 0 atom stereocenters. The second-order valence-electron chi connectivity index (χ2n) is 6.21. The first-order chi connectivity index (χ1) is 13.4. The van der Waals surface area contributed by atoms with Crippen LogP contribution in [0.4, 0.5) is 5.69 Å². The molecule has 0 radical (unpaired) electrons. The molecule has 0 unspecified atom stereocenters. The predicted octanol–water partition coefficient (Wildman–Crippen LogP) is 0.474. The van der Waals surface area contributed by atoms with Crippen LogP contribution in [0.15, 0.2) is 42.5 Å². The molecule has 1 N–H and O–H groups in total. The Morgan fingerprint density at radius 3 is 2.36 bits per heavy atom. The maximum Gasteiger partial charge on any atom is 0.261 e. The lowest BCUT2D eigenvalue weighted by molar-refractivity contribution is -0.304. The number of ether oxygens (including phenoxy) is 1. The minimum absolute atomic E-state index is 0.141. The lowest BCUT2D eigenvalue weighted by Gasteiger charge is -2.12. The van der Waals surface area contributed by atoms with E-state index in [0.29, 0.717) is 11.3 Å². The number of imide groups is 1. The number of nitrogens with one attached hydrogen (secondary N) is 1. The minimum atomic E-state index is -1.19. The molecule has 0 bridgehead atoms. The van der Waals surface area contributed by atoms with Gasteiger partial charge < -0.3 is 20.0 Å². The lowest BCUT2D eigenvalue weighted by Crippen LogP contribution is -2.32. The van der Waals surface area contributed by atoms with Gasteiger partial charge in [-0.25, -0.2) is 0 Å². The van der Waals surface area contributed by atoms with Gasteiger partial charge in [0.1, 0.15) is 0 Å². The van der Waals surface area contributed by atoms with E-state index in [-0.39, 0.29) is 36.3 Å². The van der Waals surface area contributed by atoms with Crippen molar-refractivity contribution in [1.29, 1.82) is 0 Å². The van der Waals surface area contributed by atoms with E-state index in [1.165, 1.54) is 25.3 Å². The zero-order valence-corrected chi connectivity index (χ0v) is 15.1. The average Bonchev–Trinajstić information content (AvgIpc) is 2.91. The third-order valence-corrected chi connectivity index (χ3v) is 4.31. The average molecular weight is 381 g/mol. The molecule has 0 saturated heterocycles. The maximum absolute atomic E-state index is 12.5. The molecular weight excluding hydrogens is 364 g/mol. The Hall–Kier alpha value is -3.52. The molecule has 3 amide bonds. The van der Waals surface area contributed by atoms with Gasteiger partial charge in [-0.3, -0.25) is 19.3 Å². The van der Waals surface area contributed by atoms with Crippen LogP contribution in [0.2, 0.25) is 0 Å². The van der Waals surface area contributed by atoms with E-state index in [0.717, 1.165) is 4.90 Å². The van der Waals surface area contributed by atoms with Crippen molar-refractivity contribution in [3.8, 4) is 0 Å². The van der Waals surface area contributed by atoms with Gasteiger partial charge >= 0.3 is 0 Å². The van der Waals surface area contributed by atoms with Crippen molar-refractivity contribution in [2.75, 3.05) is 25.6 Å². The van der Waals surface area contributed by atoms with Crippen LogP contribution < -0.4 is 10.4 Å². The summed E-state index contributed by atoms with van der Waals surface area (Å²) in [6.45, 7) is 0.370. The SMILES string of the molecule is COCCN1C(=O)c2ccc(C(=O)Nc3ccc(CC(=O)[O-])cc3)cc2C1=O. The van der Waals surface area contributed by atoms with Crippen molar-refractivity contribution in [3.05, 3.63) is 64.7 Å². The number of carbonyl (C=O) groups excluding carboxylic acids is 4. The summed E-state index contributed by atoms with van der Waals surface area (Å²) in [4.78, 5) is 48.9. The standard InChI is InChI=1S/C20H18N2O6/c1-28-9-8-22-19(26)15-7-4-13(11-16(15)20(22)27)18(25)21-14-5-2-12(3-6-14)10-17(23)24/h2-7,11H,8-10H2,1H3,(H,21,25)(H,23,24)/p-1. The topological polar surface area (TPSA) is 116 Å². The van der Waals surface area contributed by atoms with Crippen molar-refractivity contribution < 1.29 is 29.0 Å². The van der Waals surface area contributed by atoms with Crippen LogP contribution in [-0.2, 0) is 16.0 Å². The van der Waals surface area contributed by atoms with Gasteiger partial charge in [-0.2, -0.15) is 0 Å². The van der Waals surface area contributed by atoms with Gasteiger partial charge in [0, 0.05) is 30.8 Å². The summed E-state index contributed by atoms with van der Waals surface area (Å²) in [7, 11) is 1.48. The van der Waals surface area contributed by atoms with Gasteiger partial charge in [0.15, 0.2) is 0 Å². The van der Waals surface area contributed by atoms with Crippen molar-refractivity contribution in [2.45, 2.75) is 6.42 Å². The molecule has 0 spiro atoms. The molecule has 144 valence electrons. The van der Waals surface area contributed by atoms with Gasteiger partial charge in [-0.1, -0.05) is 12.1 Å². The molecular formula is C20H17N2O6-. The number of hydrogen-bond donors (Lipinski definition) is 1. The van der Waals surface area contributed by atoms with Crippen LogP contribution in [0.1, 0.15) is 36.6 Å². The molecule has 0 aromatic heterocycles. The van der Waals surface area contributed by atoms with Crippen LogP contribution in [0.25, 0.3) is 0 Å². The number of fused-ring (bicyclic) bond motifs is 1. The molecule has 8 nitrogen and oxygen atoms in total. The Morgan fingerprint density at radius 2 is 1.71 bits per heavy atom. The van der Waals surface area contributed by atoms with Crippen LogP contribution >= 0.6 is 0 Å². The first kappa shape index (κ1) is 19.2. The highest BCUT2D eigenvalue weighted by Gasteiger charge is 2.35. The quantitative estimate of drug-likeness (QED) is 0.697. The first-order valence-corrected chi connectivity index (χ1v) is 8.50. The van der Waals surface area contributed by atoms with Crippen molar-refractivity contribution in [3.63, 3.8) is 0 Å². The number of rotatable bonds is 7. The Bertz CT molecular complexity index is 952. The zero-order chi connectivity index (χ0) is 20.3. The summed E-state index contributed by atoms with van der Waals surface area (Å²) in [6.07, 6.45) is -0.214. The Kier molecular flexibility index (Phi) is 5.51. The summed E-state index contributed by atoms with van der Waals surface area (Å²) < 4.78 is 4.91. The van der Waals surface area contributed by atoms with E-state index >= 15 is 0 Å². The Balaban J connectivity index is 1.74. The normalized spacial score (nSPS) is 12.8. The predicted molar refractivity (Wildman–Crippen MR) is 96.8 cm³/mol. The van der Waals surface area contributed by atoms with Crippen LogP contribution in [0, 0.1) is 0 Å². The molecule has 3 rings (SSSR count). The molecule has 1 aliphatic rings. The van der Waals surface area contributed by atoms with Crippen molar-refractivity contribution in [2.24, 2.45) is 0 Å². The van der Waals surface area contributed by atoms with E-state index in [1.54, 1.807) is 24.3 Å². The molecule has 8 heteroatoms. The van der Waals surface area contributed by atoms with Crippen molar-refractivity contribution in [1.82, 2.24) is 4.90 Å². The molecule has 1 heterocycles. The van der Waals surface area contributed by atoms with Crippen LogP contribution in [-0.4, -0.2) is 48.9 Å². The molecule has 28 heavy (non-hydrogen) atoms. The maximum atomic E-state index is 12.5. The van der Waals surface area contributed by atoms with E-state index in [2.05, 4.69) is 5.32 Å². The lowest BCUT2D eigenvalue weighted by atomic mass is 10.1. The third kappa shape index (κ3) is 3.91. The Labute approximate surface area is 160 Å². The fourth-order valence-corrected chi connectivity index (χ4v) is 2.89. The number of benzene rings is 2. The van der Waals surface area contributed by atoms with Gasteiger partial charge in [0.25, 0.3) is 17.7 Å². The first-order valence-electron chi connectivity index (χ1n) is 8.50. The van der Waals surface area contributed by atoms with Gasteiger partial charge in [-0.05, 0) is 35.9 Å². The molecule has 0 saturated carbocycles. The highest BCUT2D eigenvalue weighted by molar-refractivity contribution is 6.22. The second-order valence-corrected chi connectivity index (χ2v) is 6.21. The number of amides is 3. The van der Waals surface area contributed by atoms with E-state index in [9.17, 15) is 24.3 Å². The van der Waals surface area contributed by atoms with E-state index in [4.69, 9.17) is 4.74 Å². The number of carboxylic acids is 1. The summed E-state index contributed by atoms with van der Waals surface area (Å²) in [5, 5.41) is 13.3. The molecule has 1 aliphatic heterocycles. The summed E-state index contributed by atoms with van der Waals surface area (Å²) in [6, 6.07) is 10.6. The smallest absolute Gasteiger partial charge is 0.261 e.